The molecule has 3 rings (SSSR count). The molecule has 0 spiro atoms. The highest BCUT2D eigenvalue weighted by Crippen LogP contribution is 2.51. The Balaban J connectivity index is 2.28. The number of hydrogen-bond donors (Lipinski definition) is 2. The zero-order valence-electron chi connectivity index (χ0n) is 9.20. The van der Waals surface area contributed by atoms with E-state index in [4.69, 9.17) is 0 Å². The molecule has 0 unspecified atom stereocenters. The number of fused-ring (bicyclic) bond motifs is 2. The van der Waals surface area contributed by atoms with E-state index in [1.807, 2.05) is 30.3 Å². The molecule has 18 heavy (non-hydrogen) atoms. The lowest BCUT2D eigenvalue weighted by molar-refractivity contribution is 0.267. The fourth-order valence-corrected chi connectivity index (χ4v) is 3.28. The van der Waals surface area contributed by atoms with Crippen LogP contribution in [-0.4, -0.2) is 10.3 Å². The monoisotopic (exact) mass is 275 g/mol. The molecule has 3 nitrogen and oxygen atoms in total. The van der Waals surface area contributed by atoms with Crippen LogP contribution >= 0.6 is 24.4 Å². The Hall–Kier alpha value is -1.59. The molecule has 0 radical (unpaired) electrons. The van der Waals surface area contributed by atoms with Crippen LogP contribution in [0.25, 0.3) is 0 Å². The van der Waals surface area contributed by atoms with Gasteiger partial charge in [-0.3, -0.25) is 9.69 Å². The van der Waals surface area contributed by atoms with Crippen LogP contribution < -0.4 is 4.90 Å². The predicted molar refractivity (Wildman–Crippen MR) is 75.2 cm³/mol. The smallest absolute Gasteiger partial charge is 0.287 e. The summed E-state index contributed by atoms with van der Waals surface area (Å²) in [6, 6.07) is 12.8. The highest BCUT2D eigenvalue weighted by atomic mass is 32.2. The van der Waals surface area contributed by atoms with Crippen molar-refractivity contribution in [3.05, 3.63) is 42.5 Å². The summed E-state index contributed by atoms with van der Waals surface area (Å²) in [5.41, 5.74) is 1.25. The van der Waals surface area contributed by atoms with Crippen molar-refractivity contribution in [3.8, 4) is 5.75 Å². The summed E-state index contributed by atoms with van der Waals surface area (Å²) in [4.78, 5) is 15.0. The van der Waals surface area contributed by atoms with Gasteiger partial charge < -0.3 is 5.11 Å². The fourth-order valence-electron chi connectivity index (χ4n) is 1.98. The van der Waals surface area contributed by atoms with Gasteiger partial charge in [0.05, 0.1) is 5.69 Å². The third kappa shape index (κ3) is 1.67. The van der Waals surface area contributed by atoms with Gasteiger partial charge in [-0.1, -0.05) is 42.6 Å². The van der Waals surface area contributed by atoms with Gasteiger partial charge in [0, 0.05) is 9.79 Å². The molecule has 0 aliphatic carbocycles. The second-order valence-electron chi connectivity index (χ2n) is 3.81. The standard InChI is InChI=1S/C13H9NO2S2/c15-9-5-3-7-11-12(9)14(13(16)17)8-4-1-2-6-10(8)18-11/h1-7,15H,(H,16,17). The number of phenolic OH excluding ortho intramolecular Hbond substituents is 1. The van der Waals surface area contributed by atoms with Gasteiger partial charge in [-0.15, -0.1) is 0 Å². The minimum Gasteiger partial charge on any atom is -0.506 e. The van der Waals surface area contributed by atoms with E-state index in [2.05, 4.69) is 12.6 Å². The quantitative estimate of drug-likeness (QED) is 0.713. The summed E-state index contributed by atoms with van der Waals surface area (Å²) < 4.78 is 0. The fraction of sp³-hybridized carbons (Fsp3) is 0. The van der Waals surface area contributed by atoms with Gasteiger partial charge in [-0.25, -0.2) is 0 Å². The first-order chi connectivity index (χ1) is 8.68. The number of hydrogen-bond acceptors (Lipinski definition) is 3. The summed E-state index contributed by atoms with van der Waals surface area (Å²) in [7, 11) is 0. The number of aromatic hydroxyl groups is 1. The summed E-state index contributed by atoms with van der Waals surface area (Å²) in [5.74, 6) is 0.0805. The van der Waals surface area contributed by atoms with Crippen molar-refractivity contribution >= 4 is 41.0 Å². The molecule has 2 aromatic carbocycles. The number of benzene rings is 2. The Labute approximate surface area is 114 Å². The van der Waals surface area contributed by atoms with Crippen molar-refractivity contribution < 1.29 is 9.90 Å². The van der Waals surface area contributed by atoms with Gasteiger partial charge in [0.15, 0.2) is 0 Å². The number of anilines is 2. The molecule has 90 valence electrons. The van der Waals surface area contributed by atoms with Crippen LogP contribution in [-0.2, 0) is 0 Å². The van der Waals surface area contributed by atoms with Crippen LogP contribution in [0.4, 0.5) is 16.2 Å². The minimum absolute atomic E-state index is 0.0805. The lowest BCUT2D eigenvalue weighted by Crippen LogP contribution is -2.23. The highest BCUT2D eigenvalue weighted by molar-refractivity contribution is 8.00. The molecule has 0 saturated carbocycles. The molecule has 5 heteroatoms. The van der Waals surface area contributed by atoms with E-state index >= 15 is 0 Å². The lowest BCUT2D eigenvalue weighted by atomic mass is 10.2. The molecule has 1 heterocycles. The number of carbonyl (C=O) groups is 1. The third-order valence-corrected chi connectivity index (χ3v) is 4.03. The Morgan fingerprint density at radius 3 is 2.61 bits per heavy atom. The summed E-state index contributed by atoms with van der Waals surface area (Å²) in [6.07, 6.45) is 0. The number of thiol groups is 1. The van der Waals surface area contributed by atoms with Crippen LogP contribution in [0.15, 0.2) is 52.3 Å². The first-order valence-electron chi connectivity index (χ1n) is 5.30. The van der Waals surface area contributed by atoms with Crippen molar-refractivity contribution in [1.82, 2.24) is 0 Å². The van der Waals surface area contributed by atoms with E-state index in [-0.39, 0.29) is 5.75 Å². The number of para-hydroxylation sites is 2. The Kier molecular flexibility index (Phi) is 2.72. The normalized spacial score (nSPS) is 12.8. The van der Waals surface area contributed by atoms with Gasteiger partial charge in [-0.2, -0.15) is 0 Å². The van der Waals surface area contributed by atoms with E-state index in [9.17, 15) is 9.90 Å². The maximum Gasteiger partial charge on any atom is 0.287 e. The Bertz CT molecular complexity index is 643. The van der Waals surface area contributed by atoms with Gasteiger partial charge in [0.2, 0.25) is 0 Å². The average molecular weight is 275 g/mol. The molecule has 1 amide bonds. The van der Waals surface area contributed by atoms with Crippen molar-refractivity contribution in [2.24, 2.45) is 0 Å². The SMILES string of the molecule is O=C(S)N1c2ccccc2Sc2cccc(O)c21. The molecule has 0 aromatic heterocycles. The van der Waals surface area contributed by atoms with Crippen LogP contribution in [0, 0.1) is 0 Å². The van der Waals surface area contributed by atoms with Gasteiger partial charge in [0.1, 0.15) is 11.4 Å². The predicted octanol–water partition coefficient (Wildman–Crippen LogP) is 4.04. The minimum atomic E-state index is -0.412. The van der Waals surface area contributed by atoms with Crippen LogP contribution in [0.1, 0.15) is 0 Å². The molecule has 1 N–H and O–H groups in total. The average Bonchev–Trinajstić information content (AvgIpc) is 2.36. The molecule has 1 aliphatic rings. The van der Waals surface area contributed by atoms with Crippen LogP contribution in [0.5, 0.6) is 5.75 Å². The van der Waals surface area contributed by atoms with Crippen molar-refractivity contribution in [1.29, 1.82) is 0 Å². The van der Waals surface area contributed by atoms with Gasteiger partial charge in [0.25, 0.3) is 5.24 Å². The Morgan fingerprint density at radius 2 is 1.83 bits per heavy atom. The Morgan fingerprint density at radius 1 is 1.11 bits per heavy atom. The van der Waals surface area contributed by atoms with E-state index in [1.54, 1.807) is 12.1 Å². The summed E-state index contributed by atoms with van der Waals surface area (Å²) in [5, 5.41) is 9.55. The zero-order chi connectivity index (χ0) is 12.7. The van der Waals surface area contributed by atoms with E-state index in [0.29, 0.717) is 5.69 Å². The maximum absolute atomic E-state index is 11.7. The summed E-state index contributed by atoms with van der Waals surface area (Å²) in [6.45, 7) is 0. The number of carbonyl (C=O) groups excluding carboxylic acids is 1. The molecule has 0 saturated heterocycles. The number of amides is 1. The van der Waals surface area contributed by atoms with E-state index in [0.717, 1.165) is 15.5 Å². The summed E-state index contributed by atoms with van der Waals surface area (Å²) >= 11 is 5.43. The highest BCUT2D eigenvalue weighted by Gasteiger charge is 2.28. The van der Waals surface area contributed by atoms with E-state index in [1.165, 1.54) is 16.7 Å². The molecular formula is C13H9NO2S2. The number of phenols is 1. The van der Waals surface area contributed by atoms with E-state index < -0.39 is 5.24 Å². The first-order valence-corrected chi connectivity index (χ1v) is 6.57. The van der Waals surface area contributed by atoms with Gasteiger partial charge in [-0.05, 0) is 24.3 Å². The molecule has 0 fully saturated rings. The van der Waals surface area contributed by atoms with Crippen molar-refractivity contribution in [2.45, 2.75) is 9.79 Å². The molecule has 0 atom stereocenters. The topological polar surface area (TPSA) is 40.5 Å². The second kappa shape index (κ2) is 4.26. The largest absolute Gasteiger partial charge is 0.506 e. The van der Waals surface area contributed by atoms with Crippen LogP contribution in [0.3, 0.4) is 0 Å². The third-order valence-electron chi connectivity index (χ3n) is 2.72. The van der Waals surface area contributed by atoms with Crippen molar-refractivity contribution in [2.75, 3.05) is 4.90 Å². The second-order valence-corrected chi connectivity index (χ2v) is 5.28. The van der Waals surface area contributed by atoms with Crippen LogP contribution in [0.2, 0.25) is 0 Å². The lowest BCUT2D eigenvalue weighted by Gasteiger charge is -2.30. The number of nitrogens with zero attached hydrogens (tertiary/aromatic N) is 1. The van der Waals surface area contributed by atoms with Crippen molar-refractivity contribution in [3.63, 3.8) is 0 Å². The van der Waals surface area contributed by atoms with Gasteiger partial charge >= 0.3 is 0 Å². The molecular weight excluding hydrogens is 266 g/mol. The molecule has 0 bridgehead atoms. The number of rotatable bonds is 0. The molecule has 2 aromatic rings. The zero-order valence-corrected chi connectivity index (χ0v) is 10.9. The molecule has 1 aliphatic heterocycles. The maximum atomic E-state index is 11.7. The first kappa shape index (κ1) is 11.5.